The van der Waals surface area contributed by atoms with Crippen molar-refractivity contribution in [3.63, 3.8) is 0 Å². The van der Waals surface area contributed by atoms with Gasteiger partial charge in [0.25, 0.3) is 10.0 Å². The van der Waals surface area contributed by atoms with Gasteiger partial charge in [0.1, 0.15) is 5.75 Å². The minimum atomic E-state index is -3.84. The second-order valence-corrected chi connectivity index (χ2v) is 6.54. The smallest absolute Gasteiger partial charge is 0.262 e. The molecule has 0 radical (unpaired) electrons. The van der Waals surface area contributed by atoms with Crippen LogP contribution in [-0.4, -0.2) is 19.4 Å². The second kappa shape index (κ2) is 6.25. The molecule has 2 aromatic carbocycles. The third-order valence-electron chi connectivity index (χ3n) is 2.69. The lowest BCUT2D eigenvalue weighted by Crippen LogP contribution is -2.13. The van der Waals surface area contributed by atoms with Gasteiger partial charge >= 0.3 is 0 Å². The Morgan fingerprint density at radius 1 is 1.14 bits per heavy atom. The molecule has 0 spiro atoms. The summed E-state index contributed by atoms with van der Waals surface area (Å²) < 4.78 is 26.6. The molecule has 0 aliphatic carbocycles. The van der Waals surface area contributed by atoms with Crippen molar-refractivity contribution in [1.82, 2.24) is 0 Å². The number of nitrogens with one attached hydrogen (secondary N) is 2. The zero-order valence-electron chi connectivity index (χ0n) is 11.5. The molecule has 1 amide bonds. The van der Waals surface area contributed by atoms with E-state index in [4.69, 9.17) is 11.6 Å². The van der Waals surface area contributed by atoms with Crippen molar-refractivity contribution in [3.05, 3.63) is 47.5 Å². The zero-order valence-corrected chi connectivity index (χ0v) is 13.1. The van der Waals surface area contributed by atoms with Crippen LogP contribution in [0.4, 0.5) is 11.4 Å². The Morgan fingerprint density at radius 2 is 1.77 bits per heavy atom. The van der Waals surface area contributed by atoms with Crippen molar-refractivity contribution in [1.29, 1.82) is 0 Å². The number of sulfonamides is 1. The molecule has 22 heavy (non-hydrogen) atoms. The molecule has 0 bridgehead atoms. The molecule has 0 aliphatic heterocycles. The van der Waals surface area contributed by atoms with Gasteiger partial charge in [0.15, 0.2) is 0 Å². The van der Waals surface area contributed by atoms with Crippen LogP contribution in [-0.2, 0) is 14.8 Å². The number of halogens is 1. The molecule has 2 aromatic rings. The number of rotatable bonds is 4. The van der Waals surface area contributed by atoms with Gasteiger partial charge in [-0.05, 0) is 18.2 Å². The molecular weight excluding hydrogens is 328 g/mol. The summed E-state index contributed by atoms with van der Waals surface area (Å²) in [5.41, 5.74) is 0.109. The molecular formula is C14H13ClN2O4S. The molecule has 0 fully saturated rings. The van der Waals surface area contributed by atoms with Crippen LogP contribution >= 0.6 is 11.6 Å². The van der Waals surface area contributed by atoms with Crippen molar-refractivity contribution in [2.75, 3.05) is 10.0 Å². The fraction of sp³-hybridized carbons (Fsp3) is 0.0714. The number of anilines is 2. The molecule has 116 valence electrons. The molecule has 2 rings (SSSR count). The third kappa shape index (κ3) is 3.69. The highest BCUT2D eigenvalue weighted by Crippen LogP contribution is 2.34. The lowest BCUT2D eigenvalue weighted by Gasteiger charge is -2.12. The number of benzene rings is 2. The maximum atomic E-state index is 12.2. The minimum Gasteiger partial charge on any atom is -0.506 e. The van der Waals surface area contributed by atoms with E-state index in [1.807, 2.05) is 0 Å². The molecule has 0 unspecified atom stereocenters. The largest absolute Gasteiger partial charge is 0.506 e. The molecule has 0 aliphatic rings. The summed E-state index contributed by atoms with van der Waals surface area (Å²) in [6, 6.07) is 10.1. The number of aromatic hydroxyl groups is 1. The summed E-state index contributed by atoms with van der Waals surface area (Å²) in [7, 11) is -3.84. The first-order valence-corrected chi connectivity index (χ1v) is 8.03. The van der Waals surface area contributed by atoms with Crippen molar-refractivity contribution >= 4 is 38.9 Å². The summed E-state index contributed by atoms with van der Waals surface area (Å²) in [6.45, 7) is 1.29. The van der Waals surface area contributed by atoms with Crippen LogP contribution < -0.4 is 10.0 Å². The van der Waals surface area contributed by atoms with E-state index in [0.717, 1.165) is 0 Å². The Balaban J connectivity index is 2.35. The van der Waals surface area contributed by atoms with Crippen molar-refractivity contribution in [3.8, 4) is 5.75 Å². The Bertz CT molecular complexity index is 807. The van der Waals surface area contributed by atoms with Gasteiger partial charge in [0, 0.05) is 13.0 Å². The van der Waals surface area contributed by atoms with Crippen LogP contribution in [0.25, 0.3) is 0 Å². The van der Waals surface area contributed by atoms with Crippen LogP contribution in [0.15, 0.2) is 47.4 Å². The van der Waals surface area contributed by atoms with Crippen molar-refractivity contribution < 1.29 is 18.3 Å². The maximum Gasteiger partial charge on any atom is 0.262 e. The second-order valence-electron chi connectivity index (χ2n) is 4.45. The van der Waals surface area contributed by atoms with Gasteiger partial charge in [-0.25, -0.2) is 8.42 Å². The summed E-state index contributed by atoms with van der Waals surface area (Å²) in [6.07, 6.45) is 0. The SMILES string of the molecule is CC(=O)Nc1cc(O)c(NS(=O)(=O)c2ccccc2)cc1Cl. The number of carbonyl (C=O) groups is 1. The highest BCUT2D eigenvalue weighted by atomic mass is 35.5. The number of phenols is 1. The number of carbonyl (C=O) groups excluding carboxylic acids is 1. The molecule has 0 aromatic heterocycles. The molecule has 0 heterocycles. The van der Waals surface area contributed by atoms with Gasteiger partial charge in [-0.15, -0.1) is 0 Å². The Labute approximate surface area is 132 Å². The van der Waals surface area contributed by atoms with Crippen LogP contribution in [0.1, 0.15) is 6.92 Å². The van der Waals surface area contributed by atoms with E-state index in [9.17, 15) is 18.3 Å². The lowest BCUT2D eigenvalue weighted by molar-refractivity contribution is -0.114. The normalized spacial score (nSPS) is 11.0. The highest BCUT2D eigenvalue weighted by Gasteiger charge is 2.17. The molecule has 0 saturated carbocycles. The van der Waals surface area contributed by atoms with Gasteiger partial charge in [0.2, 0.25) is 5.91 Å². The summed E-state index contributed by atoms with van der Waals surface area (Å²) in [5, 5.41) is 12.4. The quantitative estimate of drug-likeness (QED) is 0.746. The minimum absolute atomic E-state index is 0.0523. The van der Waals surface area contributed by atoms with Gasteiger partial charge < -0.3 is 10.4 Å². The van der Waals surface area contributed by atoms with E-state index in [1.54, 1.807) is 18.2 Å². The first-order chi connectivity index (χ1) is 10.3. The number of hydrogen-bond acceptors (Lipinski definition) is 4. The third-order valence-corrected chi connectivity index (χ3v) is 4.39. The molecule has 0 saturated heterocycles. The van der Waals surface area contributed by atoms with Gasteiger partial charge in [-0.1, -0.05) is 29.8 Å². The van der Waals surface area contributed by atoms with E-state index in [-0.39, 0.29) is 32.9 Å². The predicted octanol–water partition coefficient (Wildman–Crippen LogP) is 2.80. The number of amides is 1. The van der Waals surface area contributed by atoms with E-state index in [1.165, 1.54) is 31.2 Å². The fourth-order valence-corrected chi connectivity index (χ4v) is 3.03. The monoisotopic (exact) mass is 340 g/mol. The fourth-order valence-electron chi connectivity index (χ4n) is 1.73. The molecule has 0 atom stereocenters. The van der Waals surface area contributed by atoms with Crippen molar-refractivity contribution in [2.24, 2.45) is 0 Å². The summed E-state index contributed by atoms with van der Waals surface area (Å²) in [4.78, 5) is 11.1. The topological polar surface area (TPSA) is 95.5 Å². The highest BCUT2D eigenvalue weighted by molar-refractivity contribution is 7.92. The summed E-state index contributed by atoms with van der Waals surface area (Å²) >= 11 is 5.96. The molecule has 6 nitrogen and oxygen atoms in total. The van der Waals surface area contributed by atoms with Crippen LogP contribution in [0.3, 0.4) is 0 Å². The maximum absolute atomic E-state index is 12.2. The molecule has 3 N–H and O–H groups in total. The molecule has 8 heteroatoms. The van der Waals surface area contributed by atoms with Gasteiger partial charge in [0.05, 0.1) is 21.3 Å². The van der Waals surface area contributed by atoms with Gasteiger partial charge in [-0.3, -0.25) is 9.52 Å². The predicted molar refractivity (Wildman–Crippen MR) is 84.7 cm³/mol. The van der Waals surface area contributed by atoms with E-state index >= 15 is 0 Å². The van der Waals surface area contributed by atoms with Crippen LogP contribution in [0.5, 0.6) is 5.75 Å². The number of hydrogen-bond donors (Lipinski definition) is 3. The average molecular weight is 341 g/mol. The first-order valence-electron chi connectivity index (χ1n) is 6.17. The Morgan fingerprint density at radius 3 is 2.36 bits per heavy atom. The van der Waals surface area contributed by atoms with Crippen LogP contribution in [0, 0.1) is 0 Å². The zero-order chi connectivity index (χ0) is 16.3. The van der Waals surface area contributed by atoms with Crippen molar-refractivity contribution in [2.45, 2.75) is 11.8 Å². The lowest BCUT2D eigenvalue weighted by atomic mass is 10.2. The Kier molecular flexibility index (Phi) is 4.58. The van der Waals surface area contributed by atoms with E-state index in [0.29, 0.717) is 0 Å². The van der Waals surface area contributed by atoms with Crippen LogP contribution in [0.2, 0.25) is 5.02 Å². The average Bonchev–Trinajstić information content (AvgIpc) is 2.44. The van der Waals surface area contributed by atoms with Gasteiger partial charge in [-0.2, -0.15) is 0 Å². The summed E-state index contributed by atoms with van der Waals surface area (Å²) in [5.74, 6) is -0.716. The van der Waals surface area contributed by atoms with E-state index < -0.39 is 10.0 Å². The standard InChI is InChI=1S/C14H13ClN2O4S/c1-9(18)16-12-8-14(19)13(7-11(12)15)17-22(20,21)10-5-3-2-4-6-10/h2-8,17,19H,1H3,(H,16,18). The van der Waals surface area contributed by atoms with E-state index in [2.05, 4.69) is 10.0 Å². The Hall–Kier alpha value is -2.25. The first kappa shape index (κ1) is 16.1. The number of phenolic OH excluding ortho intramolecular Hbond substituents is 1.